The summed E-state index contributed by atoms with van der Waals surface area (Å²) in [6.07, 6.45) is 5.80. The fourth-order valence-corrected chi connectivity index (χ4v) is 4.28. The minimum absolute atomic E-state index is 0.0868. The van der Waals surface area contributed by atoms with Crippen LogP contribution in [0.1, 0.15) is 29.7 Å². The highest BCUT2D eigenvalue weighted by molar-refractivity contribution is 6.31. The Bertz CT molecular complexity index is 1460. The fraction of sp³-hybridized carbons (Fsp3) is 0.208. The zero-order chi connectivity index (χ0) is 24.0. The molecule has 0 spiro atoms. The number of nitrogens with one attached hydrogen (secondary N) is 1. The second-order valence-electron chi connectivity index (χ2n) is 8.29. The average Bonchev–Trinajstić information content (AvgIpc) is 3.39. The van der Waals surface area contributed by atoms with Crippen LogP contribution in [0.4, 0.5) is 16.1 Å². The number of benzene rings is 2. The molecule has 174 valence electrons. The first-order valence-electron chi connectivity index (χ1n) is 10.7. The van der Waals surface area contributed by atoms with Crippen LogP contribution >= 0.6 is 11.6 Å². The number of fused-ring (bicyclic) bond motifs is 1. The van der Waals surface area contributed by atoms with E-state index in [0.717, 1.165) is 22.4 Å². The summed E-state index contributed by atoms with van der Waals surface area (Å²) >= 11 is 6.55. The Balaban J connectivity index is 1.54. The van der Waals surface area contributed by atoms with Crippen molar-refractivity contribution in [2.24, 2.45) is 12.0 Å². The van der Waals surface area contributed by atoms with Crippen LogP contribution in [0.25, 0.3) is 11.1 Å². The molecule has 0 bridgehead atoms. The van der Waals surface area contributed by atoms with Gasteiger partial charge in [0.25, 0.3) is 0 Å². The number of aromatic nitrogens is 3. The second kappa shape index (κ2) is 8.49. The van der Waals surface area contributed by atoms with E-state index < -0.39 is 5.82 Å². The van der Waals surface area contributed by atoms with Crippen molar-refractivity contribution in [3.8, 4) is 0 Å². The smallest absolute Gasteiger partial charge is 0.302 e. The summed E-state index contributed by atoms with van der Waals surface area (Å²) in [5.74, 6) is -0.0487. The molecule has 2 aromatic carbocycles. The molecule has 1 aliphatic rings. The molecule has 4 aromatic rings. The highest BCUT2D eigenvalue weighted by Crippen LogP contribution is 2.33. The van der Waals surface area contributed by atoms with Crippen LogP contribution in [0.5, 0.6) is 0 Å². The fourth-order valence-electron chi connectivity index (χ4n) is 3.93. The van der Waals surface area contributed by atoms with Crippen molar-refractivity contribution >= 4 is 40.4 Å². The number of oxazole rings is 1. The minimum Gasteiger partial charge on any atom is -0.421 e. The van der Waals surface area contributed by atoms with Gasteiger partial charge in [0.05, 0.1) is 12.7 Å². The number of guanidine groups is 1. The summed E-state index contributed by atoms with van der Waals surface area (Å²) in [6, 6.07) is 8.53. The lowest BCUT2D eigenvalue weighted by Crippen LogP contribution is -2.37. The molecule has 1 atom stereocenters. The summed E-state index contributed by atoms with van der Waals surface area (Å²) in [5, 5.41) is 8.06. The quantitative estimate of drug-likeness (QED) is 0.392. The van der Waals surface area contributed by atoms with Crippen LogP contribution in [0.3, 0.4) is 0 Å². The third-order valence-electron chi connectivity index (χ3n) is 5.68. The maximum Gasteiger partial charge on any atom is 0.302 e. The maximum atomic E-state index is 13.9. The molecular formula is C24H23ClFN7O. The van der Waals surface area contributed by atoms with Crippen molar-refractivity contribution in [3.63, 3.8) is 0 Å². The molecule has 10 heteroatoms. The van der Waals surface area contributed by atoms with Crippen molar-refractivity contribution in [2.75, 3.05) is 11.1 Å². The third-order valence-corrected chi connectivity index (χ3v) is 6.00. The zero-order valence-corrected chi connectivity index (χ0v) is 19.6. The Morgan fingerprint density at radius 1 is 1.24 bits per heavy atom. The number of halogens is 2. The van der Waals surface area contributed by atoms with Gasteiger partial charge in [0.15, 0.2) is 5.58 Å². The second-order valence-corrected chi connectivity index (χ2v) is 8.70. The van der Waals surface area contributed by atoms with E-state index in [9.17, 15) is 4.39 Å². The summed E-state index contributed by atoms with van der Waals surface area (Å²) in [6.45, 7) is 4.51. The number of aryl methyl sites for hydroxylation is 2. The molecule has 0 amide bonds. The van der Waals surface area contributed by atoms with Crippen molar-refractivity contribution < 1.29 is 8.81 Å². The van der Waals surface area contributed by atoms with E-state index in [2.05, 4.69) is 21.5 Å². The van der Waals surface area contributed by atoms with Crippen LogP contribution < -0.4 is 11.1 Å². The number of allylic oxidation sites excluding steroid dienone is 1. The summed E-state index contributed by atoms with van der Waals surface area (Å²) in [5.41, 5.74) is 10.3. The maximum absolute atomic E-state index is 13.9. The van der Waals surface area contributed by atoms with Gasteiger partial charge in [0, 0.05) is 29.5 Å². The Hall–Kier alpha value is -3.85. The molecule has 0 saturated carbocycles. The Morgan fingerprint density at radius 2 is 2.06 bits per heavy atom. The van der Waals surface area contributed by atoms with E-state index in [1.807, 2.05) is 50.2 Å². The highest BCUT2D eigenvalue weighted by atomic mass is 35.5. The van der Waals surface area contributed by atoms with Gasteiger partial charge in [-0.05, 0) is 49.2 Å². The number of aliphatic imine (C=N–C) groups is 1. The lowest BCUT2D eigenvalue weighted by atomic mass is 10.0. The predicted octanol–water partition coefficient (Wildman–Crippen LogP) is 5.17. The van der Waals surface area contributed by atoms with E-state index in [1.54, 1.807) is 10.9 Å². The molecule has 0 radical (unpaired) electrons. The molecule has 0 aliphatic carbocycles. The summed E-state index contributed by atoms with van der Waals surface area (Å²) in [4.78, 5) is 11.3. The van der Waals surface area contributed by atoms with Gasteiger partial charge in [-0.1, -0.05) is 23.7 Å². The van der Waals surface area contributed by atoms with Gasteiger partial charge in [0.1, 0.15) is 23.1 Å². The number of nitrogens with two attached hydrogens (primary N) is 1. The molecule has 3 heterocycles. The number of nitrogen functional groups attached to an aromatic ring is 1. The standard InChI is InChI=1S/C24H23ClFN7O/c1-13-4-5-16(17(25)8-13)20-9-14(2)33(12-15-10-28-32(3)11-15)23(29-20)31-24-30-19-7-6-18(26)21(27)22(19)34-24/h4-11,20H,12,27H2,1-3H3,(H,29,30,31). The molecule has 1 unspecified atom stereocenters. The molecule has 3 N–H and O–H groups in total. The van der Waals surface area contributed by atoms with Gasteiger partial charge < -0.3 is 15.1 Å². The normalized spacial score (nSPS) is 16.0. The zero-order valence-electron chi connectivity index (χ0n) is 18.9. The first-order valence-corrected chi connectivity index (χ1v) is 11.0. The molecule has 2 aromatic heterocycles. The number of nitrogens with zero attached hydrogens (tertiary/aromatic N) is 5. The third kappa shape index (κ3) is 4.10. The number of hydrogen-bond acceptors (Lipinski definition) is 7. The molecule has 8 nitrogen and oxygen atoms in total. The van der Waals surface area contributed by atoms with Gasteiger partial charge in [-0.25, -0.2) is 9.38 Å². The van der Waals surface area contributed by atoms with E-state index in [4.69, 9.17) is 26.7 Å². The van der Waals surface area contributed by atoms with Crippen LogP contribution in [0.15, 0.2) is 63.9 Å². The molecular weight excluding hydrogens is 457 g/mol. The van der Waals surface area contributed by atoms with Crippen molar-refractivity contribution in [2.45, 2.75) is 26.4 Å². The molecule has 1 aliphatic heterocycles. The average molecular weight is 480 g/mol. The van der Waals surface area contributed by atoms with Gasteiger partial charge >= 0.3 is 6.01 Å². The molecule has 0 saturated heterocycles. The number of rotatable bonds is 4. The molecule has 0 fully saturated rings. The van der Waals surface area contributed by atoms with Gasteiger partial charge in [-0.2, -0.15) is 10.1 Å². The minimum atomic E-state index is -0.559. The SMILES string of the molecule is CC1=CC(c2ccc(C)cc2Cl)N=C(Nc2nc3ccc(F)c(N)c3o2)N1Cc1cnn(C)c1. The van der Waals surface area contributed by atoms with E-state index in [1.165, 1.54) is 12.1 Å². The van der Waals surface area contributed by atoms with Crippen molar-refractivity contribution in [3.05, 3.63) is 82.0 Å². The van der Waals surface area contributed by atoms with E-state index >= 15 is 0 Å². The van der Waals surface area contributed by atoms with Gasteiger partial charge in [-0.15, -0.1) is 0 Å². The molecule has 5 rings (SSSR count). The highest BCUT2D eigenvalue weighted by Gasteiger charge is 2.26. The van der Waals surface area contributed by atoms with Crippen molar-refractivity contribution in [1.29, 1.82) is 0 Å². The van der Waals surface area contributed by atoms with Gasteiger partial charge in [0.2, 0.25) is 5.96 Å². The van der Waals surface area contributed by atoms with E-state index in [-0.39, 0.29) is 23.3 Å². The topological polar surface area (TPSA) is 97.5 Å². The summed E-state index contributed by atoms with van der Waals surface area (Å²) < 4.78 is 21.4. The lowest BCUT2D eigenvalue weighted by Gasteiger charge is -2.31. The number of anilines is 2. The molecule has 34 heavy (non-hydrogen) atoms. The first-order chi connectivity index (χ1) is 16.3. The number of hydrogen-bond donors (Lipinski definition) is 2. The largest absolute Gasteiger partial charge is 0.421 e. The van der Waals surface area contributed by atoms with Crippen LogP contribution in [0, 0.1) is 12.7 Å². The first kappa shape index (κ1) is 22.0. The van der Waals surface area contributed by atoms with Crippen LogP contribution in [-0.4, -0.2) is 25.6 Å². The van der Waals surface area contributed by atoms with E-state index in [0.29, 0.717) is 23.0 Å². The lowest BCUT2D eigenvalue weighted by molar-refractivity contribution is 0.482. The Kier molecular flexibility index (Phi) is 5.49. The van der Waals surface area contributed by atoms with Crippen LogP contribution in [-0.2, 0) is 13.6 Å². The van der Waals surface area contributed by atoms with Crippen molar-refractivity contribution in [1.82, 2.24) is 19.7 Å². The Labute approximate surface area is 200 Å². The van der Waals surface area contributed by atoms with Gasteiger partial charge in [-0.3, -0.25) is 10.00 Å². The monoisotopic (exact) mass is 479 g/mol. The predicted molar refractivity (Wildman–Crippen MR) is 131 cm³/mol. The Morgan fingerprint density at radius 3 is 2.79 bits per heavy atom. The summed E-state index contributed by atoms with van der Waals surface area (Å²) in [7, 11) is 1.87. The van der Waals surface area contributed by atoms with Crippen LogP contribution in [0.2, 0.25) is 5.02 Å².